The average Bonchev–Trinajstić information content (AvgIpc) is 2.65. The summed E-state index contributed by atoms with van der Waals surface area (Å²) in [7, 11) is 0. The molecular formula is C21H20N2O4. The predicted octanol–water partition coefficient (Wildman–Crippen LogP) is 3.19. The molecule has 0 radical (unpaired) electrons. The van der Waals surface area contributed by atoms with Gasteiger partial charge in [0.05, 0.1) is 5.41 Å². The van der Waals surface area contributed by atoms with Crippen LogP contribution in [0.15, 0.2) is 54.6 Å². The van der Waals surface area contributed by atoms with Crippen LogP contribution in [0.5, 0.6) is 0 Å². The Labute approximate surface area is 157 Å². The van der Waals surface area contributed by atoms with Crippen molar-refractivity contribution >= 4 is 22.8 Å². The molecule has 0 unspecified atom stereocenters. The number of benzene rings is 2. The van der Waals surface area contributed by atoms with Crippen molar-refractivity contribution in [3.8, 4) is 0 Å². The van der Waals surface area contributed by atoms with Crippen molar-refractivity contribution in [1.82, 2.24) is 4.98 Å². The molecule has 2 aromatic carbocycles. The number of esters is 1. The minimum atomic E-state index is -0.701. The molecule has 1 heterocycles. The molecule has 0 fully saturated rings. The summed E-state index contributed by atoms with van der Waals surface area (Å²) in [5.74, 6) is -0.904. The first-order valence-electron chi connectivity index (χ1n) is 8.57. The maximum Gasteiger partial charge on any atom is 0.311 e. The SMILES string of the molecule is CC(C)(C)C(=O)OCc1nc2ccccc2[n+]([O-])c1C(=O)c1ccccc1. The Morgan fingerprint density at radius 1 is 1.04 bits per heavy atom. The predicted molar refractivity (Wildman–Crippen MR) is 99.8 cm³/mol. The third-order valence-corrected chi connectivity index (χ3v) is 4.04. The Kier molecular flexibility index (Phi) is 4.90. The van der Waals surface area contributed by atoms with Crippen molar-refractivity contribution < 1.29 is 19.1 Å². The van der Waals surface area contributed by atoms with Crippen LogP contribution in [0.25, 0.3) is 11.0 Å². The number of fused-ring (bicyclic) bond motifs is 1. The first-order chi connectivity index (χ1) is 12.8. The molecule has 3 aromatic rings. The van der Waals surface area contributed by atoms with Crippen LogP contribution >= 0.6 is 0 Å². The second-order valence-electron chi connectivity index (χ2n) is 7.21. The molecule has 0 saturated carbocycles. The number of rotatable bonds is 4. The summed E-state index contributed by atoms with van der Waals surface area (Å²) < 4.78 is 5.88. The lowest BCUT2D eigenvalue weighted by Crippen LogP contribution is -2.38. The molecule has 0 amide bonds. The number of hydrogen-bond acceptors (Lipinski definition) is 5. The summed E-state index contributed by atoms with van der Waals surface area (Å²) in [5.41, 5.74) is 0.370. The van der Waals surface area contributed by atoms with E-state index in [0.717, 1.165) is 0 Å². The van der Waals surface area contributed by atoms with Gasteiger partial charge in [0, 0.05) is 11.6 Å². The maximum absolute atomic E-state index is 13.0. The summed E-state index contributed by atoms with van der Waals surface area (Å²) >= 11 is 0. The lowest BCUT2D eigenvalue weighted by molar-refractivity contribution is -0.580. The summed E-state index contributed by atoms with van der Waals surface area (Å²) in [6, 6.07) is 15.2. The minimum absolute atomic E-state index is 0.134. The minimum Gasteiger partial charge on any atom is -0.618 e. The number of ether oxygens (including phenoxy) is 1. The third-order valence-electron chi connectivity index (χ3n) is 4.04. The van der Waals surface area contributed by atoms with Crippen LogP contribution in [-0.2, 0) is 16.1 Å². The molecule has 3 rings (SSSR count). The van der Waals surface area contributed by atoms with Gasteiger partial charge in [-0.25, -0.2) is 4.98 Å². The second kappa shape index (κ2) is 7.15. The van der Waals surface area contributed by atoms with Crippen molar-refractivity contribution in [3.05, 3.63) is 76.8 Å². The molecule has 6 nitrogen and oxygen atoms in total. The van der Waals surface area contributed by atoms with Gasteiger partial charge in [-0.15, -0.1) is 0 Å². The van der Waals surface area contributed by atoms with Crippen LogP contribution in [0.1, 0.15) is 42.5 Å². The molecule has 6 heteroatoms. The van der Waals surface area contributed by atoms with Crippen LogP contribution in [0.3, 0.4) is 0 Å². The van der Waals surface area contributed by atoms with Crippen LogP contribution in [-0.4, -0.2) is 16.7 Å². The Morgan fingerprint density at radius 3 is 2.33 bits per heavy atom. The molecule has 27 heavy (non-hydrogen) atoms. The number of nitrogens with zero attached hydrogens (tertiary/aromatic N) is 2. The molecule has 0 aliphatic heterocycles. The molecule has 1 aromatic heterocycles. The van der Waals surface area contributed by atoms with Crippen molar-refractivity contribution in [3.63, 3.8) is 0 Å². The van der Waals surface area contributed by atoms with E-state index in [1.807, 2.05) is 0 Å². The monoisotopic (exact) mass is 364 g/mol. The average molecular weight is 364 g/mol. The quantitative estimate of drug-likeness (QED) is 0.307. The van der Waals surface area contributed by atoms with E-state index >= 15 is 0 Å². The van der Waals surface area contributed by atoms with Crippen molar-refractivity contribution in [2.24, 2.45) is 5.41 Å². The number of ketones is 1. The van der Waals surface area contributed by atoms with E-state index < -0.39 is 17.2 Å². The lowest BCUT2D eigenvalue weighted by atomic mass is 9.97. The fraction of sp³-hybridized carbons (Fsp3) is 0.238. The molecule has 0 aliphatic rings. The van der Waals surface area contributed by atoms with Gasteiger partial charge in [-0.3, -0.25) is 9.59 Å². The lowest BCUT2D eigenvalue weighted by Gasteiger charge is -2.17. The number of carbonyl (C=O) groups excluding carboxylic acids is 2. The summed E-state index contributed by atoms with van der Waals surface area (Å²) in [6.45, 7) is 4.93. The third kappa shape index (κ3) is 3.79. The van der Waals surface area contributed by atoms with E-state index in [2.05, 4.69) is 4.98 Å². The van der Waals surface area contributed by atoms with Crippen molar-refractivity contribution in [2.75, 3.05) is 0 Å². The van der Waals surface area contributed by atoms with Crippen LogP contribution in [0, 0.1) is 10.6 Å². The topological polar surface area (TPSA) is 83.2 Å². The fourth-order valence-electron chi connectivity index (χ4n) is 2.57. The van der Waals surface area contributed by atoms with Gasteiger partial charge >= 0.3 is 5.97 Å². The number of carbonyl (C=O) groups is 2. The smallest absolute Gasteiger partial charge is 0.311 e. The van der Waals surface area contributed by atoms with Crippen molar-refractivity contribution in [1.29, 1.82) is 0 Å². The van der Waals surface area contributed by atoms with Crippen LogP contribution < -0.4 is 4.73 Å². The Hall–Kier alpha value is -3.28. The van der Waals surface area contributed by atoms with E-state index in [9.17, 15) is 14.8 Å². The molecule has 0 aliphatic carbocycles. The zero-order valence-corrected chi connectivity index (χ0v) is 15.4. The highest BCUT2D eigenvalue weighted by Gasteiger charge is 2.29. The van der Waals surface area contributed by atoms with Gasteiger partial charge in [-0.2, -0.15) is 4.73 Å². The Morgan fingerprint density at radius 2 is 1.67 bits per heavy atom. The van der Waals surface area contributed by atoms with Gasteiger partial charge < -0.3 is 9.94 Å². The normalized spacial score (nSPS) is 11.4. The molecule has 0 spiro atoms. The van der Waals surface area contributed by atoms with Crippen LogP contribution in [0.2, 0.25) is 0 Å². The highest BCUT2D eigenvalue weighted by molar-refractivity contribution is 6.07. The molecule has 0 bridgehead atoms. The molecule has 0 saturated heterocycles. The van der Waals surface area contributed by atoms with Gasteiger partial charge in [-0.1, -0.05) is 42.5 Å². The van der Waals surface area contributed by atoms with E-state index in [4.69, 9.17) is 4.74 Å². The van der Waals surface area contributed by atoms with E-state index in [1.54, 1.807) is 75.4 Å². The first kappa shape index (κ1) is 18.5. The molecule has 0 atom stereocenters. The Bertz CT molecular complexity index is 1010. The zero-order chi connectivity index (χ0) is 19.6. The van der Waals surface area contributed by atoms with E-state index in [-0.39, 0.29) is 23.5 Å². The highest BCUT2D eigenvalue weighted by Crippen LogP contribution is 2.19. The van der Waals surface area contributed by atoms with Gasteiger partial charge in [0.25, 0.3) is 11.5 Å². The number of hydrogen-bond donors (Lipinski definition) is 0. The Balaban J connectivity index is 2.10. The maximum atomic E-state index is 13.0. The summed E-state index contributed by atoms with van der Waals surface area (Å²) in [6.07, 6.45) is 0. The van der Waals surface area contributed by atoms with E-state index in [1.165, 1.54) is 0 Å². The first-order valence-corrected chi connectivity index (χ1v) is 8.57. The van der Waals surface area contributed by atoms with Gasteiger partial charge in [0.1, 0.15) is 12.1 Å². The van der Waals surface area contributed by atoms with Gasteiger partial charge in [0.2, 0.25) is 5.52 Å². The van der Waals surface area contributed by atoms with Gasteiger partial charge in [-0.05, 0) is 26.8 Å². The van der Waals surface area contributed by atoms with Crippen molar-refractivity contribution in [2.45, 2.75) is 27.4 Å². The van der Waals surface area contributed by atoms with Crippen LogP contribution in [0.4, 0.5) is 0 Å². The number of aromatic nitrogens is 2. The molecule has 0 N–H and O–H groups in total. The largest absolute Gasteiger partial charge is 0.618 e. The highest BCUT2D eigenvalue weighted by atomic mass is 16.5. The molecule has 138 valence electrons. The van der Waals surface area contributed by atoms with Gasteiger partial charge in [0.15, 0.2) is 5.69 Å². The molecular weight excluding hydrogens is 344 g/mol. The van der Waals surface area contributed by atoms with E-state index in [0.29, 0.717) is 15.8 Å². The summed E-state index contributed by atoms with van der Waals surface area (Å²) in [5, 5.41) is 12.9. The number of para-hydroxylation sites is 2. The fourth-order valence-corrected chi connectivity index (χ4v) is 2.57. The standard InChI is InChI=1S/C21H20N2O4/c1-21(2,3)20(25)27-13-16-18(19(24)14-9-5-4-6-10-14)23(26)17-12-8-7-11-15(17)22-16/h4-12H,13H2,1-3H3. The summed E-state index contributed by atoms with van der Waals surface area (Å²) in [4.78, 5) is 29.5. The zero-order valence-electron chi connectivity index (χ0n) is 15.4. The second-order valence-corrected chi connectivity index (χ2v) is 7.21.